The Morgan fingerprint density at radius 1 is 1.26 bits per heavy atom. The number of methoxy groups -OCH3 is 1. The fourth-order valence-corrected chi connectivity index (χ4v) is 3.59. The summed E-state index contributed by atoms with van der Waals surface area (Å²) in [6.45, 7) is 9.22. The summed E-state index contributed by atoms with van der Waals surface area (Å²) in [5, 5.41) is 3.69. The minimum absolute atomic E-state index is 0.438. The highest BCUT2D eigenvalue weighted by Crippen LogP contribution is 2.40. The lowest BCUT2D eigenvalue weighted by molar-refractivity contribution is 0.178. The maximum atomic E-state index is 5.48. The van der Waals surface area contributed by atoms with Gasteiger partial charge in [-0.2, -0.15) is 0 Å². The van der Waals surface area contributed by atoms with E-state index in [-0.39, 0.29) is 0 Å². The lowest BCUT2D eigenvalue weighted by atomic mass is 9.70. The zero-order valence-corrected chi connectivity index (χ0v) is 12.9. The van der Waals surface area contributed by atoms with Gasteiger partial charge in [0.2, 0.25) is 0 Å². The van der Waals surface area contributed by atoms with E-state index in [2.05, 4.69) is 51.2 Å². The van der Waals surface area contributed by atoms with Crippen LogP contribution in [0.3, 0.4) is 0 Å². The van der Waals surface area contributed by atoms with E-state index in [0.717, 1.165) is 17.4 Å². The molecule has 0 radical (unpaired) electrons. The van der Waals surface area contributed by atoms with Crippen LogP contribution in [0.1, 0.15) is 45.6 Å². The van der Waals surface area contributed by atoms with Gasteiger partial charge in [-0.3, -0.25) is 0 Å². The highest BCUT2D eigenvalue weighted by Gasteiger charge is 2.32. The number of hydrogen-bond donors (Lipinski definition) is 1. The smallest absolute Gasteiger partial charge is 0.142 e. The Bertz CT molecular complexity index is 439. The molecule has 2 heteroatoms. The topological polar surface area (TPSA) is 21.3 Å². The van der Waals surface area contributed by atoms with Crippen molar-refractivity contribution >= 4 is 5.69 Å². The van der Waals surface area contributed by atoms with Gasteiger partial charge in [0.25, 0.3) is 0 Å². The number of aryl methyl sites for hydroxylation is 1. The predicted octanol–water partition coefficient (Wildman–Crippen LogP) is 4.63. The van der Waals surface area contributed by atoms with Gasteiger partial charge in [-0.05, 0) is 55.2 Å². The molecule has 0 bridgehead atoms. The molecule has 1 N–H and O–H groups in total. The zero-order chi connectivity index (χ0) is 14.0. The monoisotopic (exact) mass is 261 g/mol. The van der Waals surface area contributed by atoms with Crippen LogP contribution in [-0.2, 0) is 0 Å². The minimum Gasteiger partial charge on any atom is -0.495 e. The van der Waals surface area contributed by atoms with E-state index in [1.54, 1.807) is 7.11 Å². The highest BCUT2D eigenvalue weighted by atomic mass is 16.5. The molecule has 106 valence electrons. The van der Waals surface area contributed by atoms with Crippen molar-refractivity contribution in [2.24, 2.45) is 11.3 Å². The van der Waals surface area contributed by atoms with Crippen LogP contribution in [0, 0.1) is 18.3 Å². The lowest BCUT2D eigenvalue weighted by Gasteiger charge is -2.39. The van der Waals surface area contributed by atoms with Crippen molar-refractivity contribution in [2.45, 2.75) is 53.0 Å². The number of rotatable bonds is 3. The molecule has 0 saturated heterocycles. The van der Waals surface area contributed by atoms with E-state index >= 15 is 0 Å². The van der Waals surface area contributed by atoms with Crippen molar-refractivity contribution in [3.05, 3.63) is 23.8 Å². The Morgan fingerprint density at radius 3 is 2.63 bits per heavy atom. The summed E-state index contributed by atoms with van der Waals surface area (Å²) in [6.07, 6.45) is 3.81. The first-order valence-electron chi connectivity index (χ1n) is 7.31. The third-order valence-electron chi connectivity index (χ3n) is 4.10. The molecule has 0 aliphatic heterocycles. The van der Waals surface area contributed by atoms with Gasteiger partial charge < -0.3 is 10.1 Å². The van der Waals surface area contributed by atoms with E-state index in [4.69, 9.17) is 4.74 Å². The number of benzene rings is 1. The molecule has 0 heterocycles. The third kappa shape index (κ3) is 3.65. The summed E-state index contributed by atoms with van der Waals surface area (Å²) in [6, 6.07) is 6.93. The van der Waals surface area contributed by atoms with Crippen molar-refractivity contribution in [1.29, 1.82) is 0 Å². The molecule has 2 atom stereocenters. The van der Waals surface area contributed by atoms with E-state index < -0.39 is 0 Å². The molecule has 0 aromatic heterocycles. The van der Waals surface area contributed by atoms with Crippen molar-refractivity contribution in [1.82, 2.24) is 0 Å². The van der Waals surface area contributed by atoms with Gasteiger partial charge in [0.05, 0.1) is 12.8 Å². The number of nitrogens with one attached hydrogen (secondary N) is 1. The van der Waals surface area contributed by atoms with Gasteiger partial charge >= 0.3 is 0 Å². The SMILES string of the molecule is COc1cc(C)ccc1NC1CC(C)CC(C)(C)C1. The van der Waals surface area contributed by atoms with Crippen molar-refractivity contribution in [3.8, 4) is 5.75 Å². The van der Waals surface area contributed by atoms with Crippen LogP contribution in [0.5, 0.6) is 5.75 Å². The van der Waals surface area contributed by atoms with Crippen molar-refractivity contribution in [2.75, 3.05) is 12.4 Å². The highest BCUT2D eigenvalue weighted by molar-refractivity contribution is 5.58. The normalized spacial score (nSPS) is 25.9. The van der Waals surface area contributed by atoms with E-state index in [1.807, 2.05) is 0 Å². The molecule has 1 aromatic carbocycles. The predicted molar refractivity (Wildman–Crippen MR) is 81.9 cm³/mol. The maximum Gasteiger partial charge on any atom is 0.142 e. The summed E-state index contributed by atoms with van der Waals surface area (Å²) in [5.74, 6) is 1.74. The standard InChI is InChI=1S/C17H27NO/c1-12-6-7-15(16(9-12)19-5)18-14-8-13(2)10-17(3,4)11-14/h6-7,9,13-14,18H,8,10-11H2,1-5H3. The molecule has 0 amide bonds. The number of anilines is 1. The quantitative estimate of drug-likeness (QED) is 0.856. The summed E-state index contributed by atoms with van der Waals surface area (Å²) < 4.78 is 5.48. The average molecular weight is 261 g/mol. The molecular formula is C17H27NO. The molecule has 1 fully saturated rings. The number of hydrogen-bond acceptors (Lipinski definition) is 2. The van der Waals surface area contributed by atoms with Crippen LogP contribution in [0.15, 0.2) is 18.2 Å². The Morgan fingerprint density at radius 2 is 2.00 bits per heavy atom. The van der Waals surface area contributed by atoms with Crippen LogP contribution >= 0.6 is 0 Å². The number of ether oxygens (including phenoxy) is 1. The van der Waals surface area contributed by atoms with E-state index in [1.165, 1.54) is 24.8 Å². The van der Waals surface area contributed by atoms with Gasteiger partial charge in [-0.25, -0.2) is 0 Å². The van der Waals surface area contributed by atoms with Crippen molar-refractivity contribution in [3.63, 3.8) is 0 Å². The van der Waals surface area contributed by atoms with Crippen LogP contribution < -0.4 is 10.1 Å². The molecule has 0 spiro atoms. The Kier molecular flexibility index (Phi) is 4.07. The molecule has 2 unspecified atom stereocenters. The zero-order valence-electron chi connectivity index (χ0n) is 12.9. The molecule has 1 saturated carbocycles. The first-order chi connectivity index (χ1) is 8.89. The summed E-state index contributed by atoms with van der Waals surface area (Å²) >= 11 is 0. The fraction of sp³-hybridized carbons (Fsp3) is 0.647. The van der Waals surface area contributed by atoms with Gasteiger partial charge in [0, 0.05) is 6.04 Å². The van der Waals surface area contributed by atoms with E-state index in [9.17, 15) is 0 Å². The molecule has 1 aromatic rings. The maximum absolute atomic E-state index is 5.48. The van der Waals surface area contributed by atoms with Crippen LogP contribution in [-0.4, -0.2) is 13.2 Å². The largest absolute Gasteiger partial charge is 0.495 e. The second-order valence-electron chi connectivity index (χ2n) is 6.96. The van der Waals surface area contributed by atoms with Gasteiger partial charge in [-0.15, -0.1) is 0 Å². The average Bonchev–Trinajstić information content (AvgIpc) is 2.28. The summed E-state index contributed by atoms with van der Waals surface area (Å²) in [7, 11) is 1.74. The third-order valence-corrected chi connectivity index (χ3v) is 4.10. The Balaban J connectivity index is 2.12. The summed E-state index contributed by atoms with van der Waals surface area (Å²) in [4.78, 5) is 0. The van der Waals surface area contributed by atoms with Gasteiger partial charge in [0.15, 0.2) is 0 Å². The molecule has 1 aliphatic carbocycles. The molecule has 2 nitrogen and oxygen atoms in total. The van der Waals surface area contributed by atoms with Crippen LogP contribution in [0.4, 0.5) is 5.69 Å². The second-order valence-corrected chi connectivity index (χ2v) is 6.96. The first-order valence-corrected chi connectivity index (χ1v) is 7.31. The van der Waals surface area contributed by atoms with Crippen LogP contribution in [0.2, 0.25) is 0 Å². The lowest BCUT2D eigenvalue weighted by Crippen LogP contribution is -2.35. The second kappa shape index (κ2) is 5.44. The molecule has 1 aliphatic rings. The van der Waals surface area contributed by atoms with E-state index in [0.29, 0.717) is 11.5 Å². The first kappa shape index (κ1) is 14.2. The Hall–Kier alpha value is -1.18. The molecule has 2 rings (SSSR count). The fourth-order valence-electron chi connectivity index (χ4n) is 3.59. The van der Waals surface area contributed by atoms with Crippen molar-refractivity contribution < 1.29 is 4.74 Å². The van der Waals surface area contributed by atoms with Gasteiger partial charge in [-0.1, -0.05) is 26.8 Å². The summed E-state index contributed by atoms with van der Waals surface area (Å²) in [5.41, 5.74) is 2.80. The molecular weight excluding hydrogens is 234 g/mol. The van der Waals surface area contributed by atoms with Crippen LogP contribution in [0.25, 0.3) is 0 Å². The minimum atomic E-state index is 0.438. The van der Waals surface area contributed by atoms with Gasteiger partial charge in [0.1, 0.15) is 5.75 Å². The molecule has 19 heavy (non-hydrogen) atoms. The Labute approximate surface area is 117 Å².